The van der Waals surface area contributed by atoms with Gasteiger partial charge in [0, 0.05) is 22.7 Å². The van der Waals surface area contributed by atoms with E-state index < -0.39 is 29.6 Å². The van der Waals surface area contributed by atoms with E-state index in [1.54, 1.807) is 11.8 Å². The van der Waals surface area contributed by atoms with Crippen molar-refractivity contribution in [3.63, 3.8) is 0 Å². The Labute approximate surface area is 235 Å². The first-order valence-corrected chi connectivity index (χ1v) is 16.0. The molecule has 6 rings (SSSR count). The van der Waals surface area contributed by atoms with E-state index in [1.807, 2.05) is 47.6 Å². The molecule has 3 heterocycles. The topological polar surface area (TPSA) is 87.7 Å². The molecule has 8 atom stereocenters. The number of rotatable bonds is 6. The molecule has 3 amide bonds. The predicted octanol–water partition coefficient (Wildman–Crippen LogP) is 4.77. The number of nitrogens with one attached hydrogen (secondary N) is 2. The van der Waals surface area contributed by atoms with Gasteiger partial charge in [0.2, 0.25) is 17.7 Å². The van der Waals surface area contributed by atoms with Crippen LogP contribution in [0.2, 0.25) is 0 Å². The molecule has 2 bridgehead atoms. The number of amides is 3. The normalized spacial score (nSPS) is 37.7. The molecule has 2 saturated carbocycles. The first kappa shape index (κ1) is 26.9. The van der Waals surface area contributed by atoms with Crippen molar-refractivity contribution in [2.24, 2.45) is 23.7 Å². The fraction of sp³-hybridized carbons (Fsp3) is 0.645. The molecule has 2 saturated heterocycles. The van der Waals surface area contributed by atoms with E-state index >= 15 is 0 Å². The third-order valence-corrected chi connectivity index (χ3v) is 10.9. The van der Waals surface area contributed by atoms with Gasteiger partial charge >= 0.3 is 0 Å². The van der Waals surface area contributed by atoms with Crippen molar-refractivity contribution in [3.05, 3.63) is 36.4 Å². The largest absolute Gasteiger partial charge is 0.359 e. The van der Waals surface area contributed by atoms with E-state index in [0.717, 1.165) is 49.8 Å². The highest BCUT2D eigenvalue weighted by atomic mass is 32.2. The fourth-order valence-corrected chi connectivity index (χ4v) is 8.42. The Balaban J connectivity index is 1.33. The van der Waals surface area contributed by atoms with Crippen LogP contribution in [0.3, 0.4) is 0 Å². The molecule has 8 heteroatoms. The van der Waals surface area contributed by atoms with Crippen LogP contribution < -0.4 is 10.6 Å². The molecule has 6 unspecified atom stereocenters. The summed E-state index contributed by atoms with van der Waals surface area (Å²) in [6.07, 6.45) is 13.7. The van der Waals surface area contributed by atoms with Crippen LogP contribution in [0, 0.1) is 23.7 Å². The Morgan fingerprint density at radius 3 is 2.62 bits per heavy atom. The number of anilines is 1. The Morgan fingerprint density at radius 1 is 1.05 bits per heavy atom. The van der Waals surface area contributed by atoms with Gasteiger partial charge in [-0.2, -0.15) is 0 Å². The maximum absolute atomic E-state index is 14.4. The first-order valence-electron chi connectivity index (χ1n) is 14.8. The van der Waals surface area contributed by atoms with E-state index in [0.29, 0.717) is 11.6 Å². The molecule has 1 aromatic rings. The minimum Gasteiger partial charge on any atom is -0.359 e. The van der Waals surface area contributed by atoms with Crippen molar-refractivity contribution in [2.75, 3.05) is 11.6 Å². The summed E-state index contributed by atoms with van der Waals surface area (Å²) in [6, 6.07) is 7.06. The zero-order chi connectivity index (χ0) is 27.3. The van der Waals surface area contributed by atoms with Crippen LogP contribution in [0.1, 0.15) is 65.2 Å². The molecule has 3 aliphatic heterocycles. The molecule has 0 radical (unpaired) electrons. The van der Waals surface area contributed by atoms with Crippen molar-refractivity contribution in [1.82, 2.24) is 10.2 Å². The smallest absolute Gasteiger partial charge is 0.246 e. The van der Waals surface area contributed by atoms with Gasteiger partial charge in [0.1, 0.15) is 11.6 Å². The van der Waals surface area contributed by atoms with Crippen molar-refractivity contribution in [2.45, 2.75) is 99.9 Å². The number of likely N-dealkylation sites (tertiary alicyclic amines) is 1. The predicted molar refractivity (Wildman–Crippen MR) is 152 cm³/mol. The number of ether oxygens (including phenoxy) is 1. The SMILES string of the molecule is CSc1cccc(NC(=O)C2[C@@H]3C=CC4(O3)C(C(=O)NC3CCCCC3)N(C3CCCC(C)C3C)C(=O)[C@H]24)c1. The highest BCUT2D eigenvalue weighted by Crippen LogP contribution is 2.57. The molecule has 5 aliphatic rings. The van der Waals surface area contributed by atoms with E-state index in [2.05, 4.69) is 24.5 Å². The van der Waals surface area contributed by atoms with E-state index in [4.69, 9.17) is 4.74 Å². The second kappa shape index (κ2) is 10.6. The zero-order valence-corrected chi connectivity index (χ0v) is 24.0. The van der Waals surface area contributed by atoms with Crippen LogP contribution in [0.4, 0.5) is 5.69 Å². The lowest BCUT2D eigenvalue weighted by atomic mass is 9.74. The summed E-state index contributed by atoms with van der Waals surface area (Å²) in [4.78, 5) is 45.3. The van der Waals surface area contributed by atoms with Gasteiger partial charge in [-0.3, -0.25) is 14.4 Å². The summed E-state index contributed by atoms with van der Waals surface area (Å²) in [7, 11) is 0. The molecule has 4 fully saturated rings. The standard InChI is InChI=1S/C31H41N3O4S/c1-18-9-7-14-23(19(18)2)34-27(29(36)32-20-10-5-4-6-11-20)31-16-15-24(38-31)25(26(31)30(34)37)28(35)33-21-12-8-13-22(17-21)39-3/h8,12-13,15-20,23-27H,4-7,9-11,14H2,1-3H3,(H,32,36)(H,33,35)/t18?,19?,23?,24-,25?,26-,27?,31?/m0/s1. The third-order valence-electron chi connectivity index (χ3n) is 10.2. The van der Waals surface area contributed by atoms with Gasteiger partial charge < -0.3 is 20.3 Å². The van der Waals surface area contributed by atoms with Gasteiger partial charge in [-0.15, -0.1) is 11.8 Å². The highest BCUT2D eigenvalue weighted by Gasteiger charge is 2.73. The fourth-order valence-electron chi connectivity index (χ4n) is 7.96. The minimum atomic E-state index is -1.11. The van der Waals surface area contributed by atoms with Crippen molar-refractivity contribution in [1.29, 1.82) is 0 Å². The van der Waals surface area contributed by atoms with E-state index in [-0.39, 0.29) is 35.7 Å². The molecule has 1 aromatic carbocycles. The number of carbonyl (C=O) groups is 3. The number of hydrogen-bond donors (Lipinski definition) is 2. The van der Waals surface area contributed by atoms with Crippen LogP contribution in [0.5, 0.6) is 0 Å². The molecule has 7 nitrogen and oxygen atoms in total. The molecule has 2 N–H and O–H groups in total. The molecule has 39 heavy (non-hydrogen) atoms. The maximum atomic E-state index is 14.4. The second-order valence-electron chi connectivity index (χ2n) is 12.3. The molecule has 2 aliphatic carbocycles. The number of thioether (sulfide) groups is 1. The van der Waals surface area contributed by atoms with Gasteiger partial charge in [-0.05, 0) is 55.6 Å². The highest BCUT2D eigenvalue weighted by molar-refractivity contribution is 7.98. The van der Waals surface area contributed by atoms with Crippen molar-refractivity contribution < 1.29 is 19.1 Å². The number of carbonyl (C=O) groups excluding carboxylic acids is 3. The van der Waals surface area contributed by atoms with E-state index in [1.165, 1.54) is 6.42 Å². The zero-order valence-electron chi connectivity index (χ0n) is 23.2. The van der Waals surface area contributed by atoms with Crippen LogP contribution in [-0.2, 0) is 19.1 Å². The number of benzene rings is 1. The maximum Gasteiger partial charge on any atom is 0.246 e. The monoisotopic (exact) mass is 551 g/mol. The molecular formula is C31H41N3O4S. The summed E-state index contributed by atoms with van der Waals surface area (Å²) >= 11 is 1.61. The van der Waals surface area contributed by atoms with Gasteiger partial charge in [0.25, 0.3) is 0 Å². The number of hydrogen-bond acceptors (Lipinski definition) is 5. The third kappa shape index (κ3) is 4.51. The summed E-state index contributed by atoms with van der Waals surface area (Å²) in [5.41, 5.74) is -0.402. The Morgan fingerprint density at radius 2 is 1.85 bits per heavy atom. The van der Waals surface area contributed by atoms with Crippen molar-refractivity contribution in [3.8, 4) is 0 Å². The van der Waals surface area contributed by atoms with Gasteiger partial charge in [0.15, 0.2) is 0 Å². The molecular weight excluding hydrogens is 510 g/mol. The Bertz CT molecular complexity index is 1170. The average Bonchev–Trinajstić information content (AvgIpc) is 3.58. The summed E-state index contributed by atoms with van der Waals surface area (Å²) < 4.78 is 6.58. The lowest BCUT2D eigenvalue weighted by molar-refractivity contribution is -0.146. The molecule has 0 aromatic heterocycles. The summed E-state index contributed by atoms with van der Waals surface area (Å²) in [6.45, 7) is 4.45. The van der Waals surface area contributed by atoms with Gasteiger partial charge in [0.05, 0.1) is 17.9 Å². The number of fused-ring (bicyclic) bond motifs is 1. The van der Waals surface area contributed by atoms with Gasteiger partial charge in [-0.25, -0.2) is 0 Å². The van der Waals surface area contributed by atoms with Crippen LogP contribution in [-0.4, -0.2) is 58.7 Å². The minimum absolute atomic E-state index is 0.0404. The van der Waals surface area contributed by atoms with Crippen LogP contribution in [0.25, 0.3) is 0 Å². The van der Waals surface area contributed by atoms with Crippen LogP contribution >= 0.6 is 11.8 Å². The second-order valence-corrected chi connectivity index (χ2v) is 13.2. The quantitative estimate of drug-likeness (QED) is 0.393. The van der Waals surface area contributed by atoms with Crippen LogP contribution in [0.15, 0.2) is 41.3 Å². The Kier molecular flexibility index (Phi) is 7.29. The number of nitrogens with zero attached hydrogens (tertiary/aromatic N) is 1. The summed E-state index contributed by atoms with van der Waals surface area (Å²) in [5.74, 6) is -1.09. The van der Waals surface area contributed by atoms with Gasteiger partial charge in [-0.1, -0.05) is 64.2 Å². The molecule has 1 spiro atoms. The average molecular weight is 552 g/mol. The Hall–Kier alpha value is -2.32. The summed E-state index contributed by atoms with van der Waals surface area (Å²) in [5, 5.41) is 6.37. The first-order chi connectivity index (χ1) is 18.8. The van der Waals surface area contributed by atoms with Crippen molar-refractivity contribution >= 4 is 35.2 Å². The van der Waals surface area contributed by atoms with E-state index in [9.17, 15) is 14.4 Å². The molecule has 210 valence electrons. The lowest BCUT2D eigenvalue weighted by Gasteiger charge is -2.44. The lowest BCUT2D eigenvalue weighted by Crippen LogP contribution is -2.60.